The van der Waals surface area contributed by atoms with E-state index in [1.54, 1.807) is 0 Å². The largest absolute Gasteiger partial charge is 0.0622 e. The maximum absolute atomic E-state index is 2.45. The topological polar surface area (TPSA) is 0 Å². The summed E-state index contributed by atoms with van der Waals surface area (Å²) >= 11 is 0. The molecule has 0 spiro atoms. The predicted molar refractivity (Wildman–Crippen MR) is 140 cm³/mol. The fraction of sp³-hybridized carbons (Fsp3) is 0.152. The van der Waals surface area contributed by atoms with Gasteiger partial charge in [-0.3, -0.25) is 0 Å². The van der Waals surface area contributed by atoms with Crippen LogP contribution in [0.3, 0.4) is 0 Å². The van der Waals surface area contributed by atoms with Crippen LogP contribution in [0.15, 0.2) is 109 Å². The monoisotopic (exact) mass is 424 g/mol. The first kappa shape index (κ1) is 20.0. The van der Waals surface area contributed by atoms with Crippen molar-refractivity contribution >= 4 is 10.8 Å². The highest BCUT2D eigenvalue weighted by Crippen LogP contribution is 2.49. The molecule has 0 fully saturated rings. The van der Waals surface area contributed by atoms with E-state index >= 15 is 0 Å². The van der Waals surface area contributed by atoms with Gasteiger partial charge in [0.05, 0.1) is 0 Å². The van der Waals surface area contributed by atoms with Crippen LogP contribution in [0, 0.1) is 0 Å². The molecule has 5 aromatic rings. The molecule has 0 bridgehead atoms. The van der Waals surface area contributed by atoms with Crippen molar-refractivity contribution in [1.29, 1.82) is 0 Å². The summed E-state index contributed by atoms with van der Waals surface area (Å²) in [6, 6.07) is 40.4. The molecule has 160 valence electrons. The van der Waals surface area contributed by atoms with Crippen LogP contribution in [-0.2, 0) is 18.3 Å². The summed E-state index contributed by atoms with van der Waals surface area (Å²) in [7, 11) is 0. The van der Waals surface area contributed by atoms with E-state index in [4.69, 9.17) is 0 Å². The van der Waals surface area contributed by atoms with Gasteiger partial charge in [-0.15, -0.1) is 0 Å². The molecule has 0 unspecified atom stereocenters. The predicted octanol–water partition coefficient (Wildman–Crippen LogP) is 8.33. The van der Waals surface area contributed by atoms with Crippen molar-refractivity contribution in [2.24, 2.45) is 0 Å². The molecular formula is C33H28. The molecule has 33 heavy (non-hydrogen) atoms. The van der Waals surface area contributed by atoms with Gasteiger partial charge in [-0.25, -0.2) is 0 Å². The van der Waals surface area contributed by atoms with Crippen molar-refractivity contribution in [1.82, 2.24) is 0 Å². The molecule has 0 nitrogen and oxygen atoms in total. The van der Waals surface area contributed by atoms with Crippen LogP contribution in [0.1, 0.15) is 47.2 Å². The minimum atomic E-state index is 0.0107. The zero-order chi connectivity index (χ0) is 22.4. The van der Waals surface area contributed by atoms with Gasteiger partial charge < -0.3 is 0 Å². The summed E-state index contributed by atoms with van der Waals surface area (Å²) in [5.41, 5.74) is 11.2. The minimum absolute atomic E-state index is 0.0107. The van der Waals surface area contributed by atoms with Crippen molar-refractivity contribution in [3.63, 3.8) is 0 Å². The van der Waals surface area contributed by atoms with E-state index in [9.17, 15) is 0 Å². The van der Waals surface area contributed by atoms with Gasteiger partial charge in [-0.1, -0.05) is 123 Å². The second-order valence-electron chi connectivity index (χ2n) is 9.91. The SMILES string of the molecule is CC1(C)c2cc(Cc3ccccc3)ccc2-c2ccc(Cc3ccc4ccccc4c3)cc21. The highest BCUT2D eigenvalue weighted by atomic mass is 14.4. The minimum Gasteiger partial charge on any atom is -0.0622 e. The summed E-state index contributed by atoms with van der Waals surface area (Å²) in [5, 5.41) is 2.62. The molecule has 0 saturated carbocycles. The fourth-order valence-corrected chi connectivity index (χ4v) is 5.47. The molecule has 5 aromatic carbocycles. The summed E-state index contributed by atoms with van der Waals surface area (Å²) in [4.78, 5) is 0. The van der Waals surface area contributed by atoms with E-state index in [1.165, 1.54) is 55.3 Å². The molecule has 0 atom stereocenters. The Kier molecular flexibility index (Phi) is 4.69. The molecule has 0 saturated heterocycles. The quantitative estimate of drug-likeness (QED) is 0.272. The van der Waals surface area contributed by atoms with Crippen LogP contribution < -0.4 is 0 Å². The Morgan fingerprint density at radius 3 is 1.64 bits per heavy atom. The van der Waals surface area contributed by atoms with Crippen molar-refractivity contribution in [3.8, 4) is 11.1 Å². The Bertz CT molecular complexity index is 1470. The molecule has 1 aliphatic carbocycles. The first-order valence-electron chi connectivity index (χ1n) is 11.9. The summed E-state index contributed by atoms with van der Waals surface area (Å²) in [6.07, 6.45) is 1.94. The molecule has 0 N–H and O–H groups in total. The van der Waals surface area contributed by atoms with E-state index in [0.717, 1.165) is 12.8 Å². The molecule has 0 aliphatic heterocycles. The lowest BCUT2D eigenvalue weighted by Crippen LogP contribution is -2.15. The maximum atomic E-state index is 2.45. The molecular weight excluding hydrogens is 396 g/mol. The second kappa shape index (κ2) is 7.74. The Labute approximate surface area is 196 Å². The molecule has 0 heterocycles. The average molecular weight is 425 g/mol. The van der Waals surface area contributed by atoms with Crippen LogP contribution in [0.5, 0.6) is 0 Å². The number of rotatable bonds is 4. The van der Waals surface area contributed by atoms with Gasteiger partial charge in [-0.05, 0) is 68.1 Å². The first-order valence-corrected chi connectivity index (χ1v) is 11.9. The van der Waals surface area contributed by atoms with Gasteiger partial charge in [0.15, 0.2) is 0 Å². The van der Waals surface area contributed by atoms with Crippen LogP contribution in [0.25, 0.3) is 21.9 Å². The third-order valence-electron chi connectivity index (χ3n) is 7.28. The smallest absolute Gasteiger partial charge is 0.0159 e. The van der Waals surface area contributed by atoms with Crippen LogP contribution in [-0.4, -0.2) is 0 Å². The number of fused-ring (bicyclic) bond motifs is 4. The van der Waals surface area contributed by atoms with E-state index in [1.807, 2.05) is 0 Å². The zero-order valence-electron chi connectivity index (χ0n) is 19.3. The van der Waals surface area contributed by atoms with Crippen LogP contribution >= 0.6 is 0 Å². The van der Waals surface area contributed by atoms with Gasteiger partial charge in [-0.2, -0.15) is 0 Å². The third-order valence-corrected chi connectivity index (χ3v) is 7.28. The first-order chi connectivity index (χ1) is 16.1. The van der Waals surface area contributed by atoms with Gasteiger partial charge in [0, 0.05) is 5.41 Å². The maximum Gasteiger partial charge on any atom is 0.0159 e. The van der Waals surface area contributed by atoms with E-state index in [0.29, 0.717) is 0 Å². The highest BCUT2D eigenvalue weighted by Gasteiger charge is 2.35. The summed E-state index contributed by atoms with van der Waals surface area (Å²) in [5.74, 6) is 0. The van der Waals surface area contributed by atoms with Gasteiger partial charge in [0.1, 0.15) is 0 Å². The second-order valence-corrected chi connectivity index (χ2v) is 9.91. The van der Waals surface area contributed by atoms with E-state index in [-0.39, 0.29) is 5.41 Å². The van der Waals surface area contributed by atoms with Crippen molar-refractivity contribution in [2.45, 2.75) is 32.1 Å². The Balaban J connectivity index is 1.33. The van der Waals surface area contributed by atoms with Crippen molar-refractivity contribution in [3.05, 3.63) is 143 Å². The summed E-state index contributed by atoms with van der Waals surface area (Å²) in [6.45, 7) is 4.76. The van der Waals surface area contributed by atoms with Crippen molar-refractivity contribution < 1.29 is 0 Å². The summed E-state index contributed by atoms with van der Waals surface area (Å²) < 4.78 is 0. The molecule has 0 heteroatoms. The number of benzene rings is 5. The average Bonchev–Trinajstić information content (AvgIpc) is 3.06. The van der Waals surface area contributed by atoms with E-state index < -0.39 is 0 Å². The van der Waals surface area contributed by atoms with E-state index in [2.05, 4.69) is 123 Å². The lowest BCUT2D eigenvalue weighted by Gasteiger charge is -2.22. The lowest BCUT2D eigenvalue weighted by atomic mass is 9.81. The molecule has 0 amide bonds. The van der Waals surface area contributed by atoms with Gasteiger partial charge in [0.2, 0.25) is 0 Å². The van der Waals surface area contributed by atoms with Crippen LogP contribution in [0.2, 0.25) is 0 Å². The van der Waals surface area contributed by atoms with Gasteiger partial charge in [0.25, 0.3) is 0 Å². The molecule has 6 rings (SSSR count). The normalized spacial score (nSPS) is 13.6. The third kappa shape index (κ3) is 3.56. The Hall–Kier alpha value is -3.64. The fourth-order valence-electron chi connectivity index (χ4n) is 5.47. The Morgan fingerprint density at radius 1 is 0.455 bits per heavy atom. The standard InChI is InChI=1S/C33H28/c1-33(2)31-21-25(18-23-8-4-3-5-9-23)13-16-29(31)30-17-14-26(22-32(30)33)19-24-12-15-27-10-6-7-11-28(27)20-24/h3-17,20-22H,18-19H2,1-2H3. The molecule has 1 aliphatic rings. The van der Waals surface area contributed by atoms with Gasteiger partial charge >= 0.3 is 0 Å². The molecule has 0 radical (unpaired) electrons. The lowest BCUT2D eigenvalue weighted by molar-refractivity contribution is 0.658. The van der Waals surface area contributed by atoms with Crippen molar-refractivity contribution in [2.75, 3.05) is 0 Å². The number of hydrogen-bond acceptors (Lipinski definition) is 0. The zero-order valence-corrected chi connectivity index (χ0v) is 19.3. The van der Waals surface area contributed by atoms with Crippen LogP contribution in [0.4, 0.5) is 0 Å². The number of hydrogen-bond donors (Lipinski definition) is 0. The highest BCUT2D eigenvalue weighted by molar-refractivity contribution is 5.83. The molecule has 0 aromatic heterocycles. The Morgan fingerprint density at radius 2 is 0.970 bits per heavy atom.